The molecule has 4 rings (SSSR count). The molecule has 1 aromatic rings. The molecule has 3 heterocycles. The normalized spacial score (nSPS) is 31.9. The number of rotatable bonds is 5. The summed E-state index contributed by atoms with van der Waals surface area (Å²) in [4.78, 5) is 38.4. The molecule has 0 saturated carbocycles. The average molecular weight is 368 g/mol. The molecule has 1 aromatic carbocycles. The Kier molecular flexibility index (Phi) is 4.38. The van der Waals surface area contributed by atoms with Gasteiger partial charge in [0.05, 0.1) is 12.7 Å². The number of fused-ring (bicyclic) bond motifs is 3. The lowest BCUT2D eigenvalue weighted by Crippen LogP contribution is -2.57. The maximum absolute atomic E-state index is 13.5. The molecule has 1 N–H and O–H groups in total. The van der Waals surface area contributed by atoms with E-state index in [-0.39, 0.29) is 35.9 Å². The SMILES string of the molecule is C=C[C@@H]1CN2CCC3(Nc4cccc(OC)c4C3=O)[C@H]2C[C@@H]1CC(=O)C=O. The molecule has 0 amide bonds. The minimum absolute atomic E-state index is 0.0113. The predicted octanol–water partition coefficient (Wildman–Crippen LogP) is 2.10. The van der Waals surface area contributed by atoms with E-state index in [1.54, 1.807) is 7.11 Å². The largest absolute Gasteiger partial charge is 0.496 e. The van der Waals surface area contributed by atoms with Gasteiger partial charge >= 0.3 is 0 Å². The van der Waals surface area contributed by atoms with Crippen molar-refractivity contribution in [3.05, 3.63) is 36.4 Å². The first-order chi connectivity index (χ1) is 13.0. The first-order valence-electron chi connectivity index (χ1n) is 9.38. The van der Waals surface area contributed by atoms with Crippen molar-refractivity contribution in [3.8, 4) is 5.75 Å². The maximum atomic E-state index is 13.5. The molecule has 6 nitrogen and oxygen atoms in total. The number of benzene rings is 1. The van der Waals surface area contributed by atoms with E-state index in [0.717, 1.165) is 18.8 Å². The van der Waals surface area contributed by atoms with Crippen molar-refractivity contribution < 1.29 is 19.1 Å². The smallest absolute Gasteiger partial charge is 0.195 e. The number of aldehydes is 1. The van der Waals surface area contributed by atoms with E-state index in [9.17, 15) is 14.4 Å². The standard InChI is InChI=1S/C21H24N2O4/c1-3-13-11-23-8-7-21(18(23)10-14(13)9-15(25)12-24)20(26)19-16(22-21)5-4-6-17(19)27-2/h3-6,12-14,18,22H,1,7-11H2,2H3/t13-,14+,18-,21?/m1/s1. The fourth-order valence-corrected chi connectivity index (χ4v) is 5.18. The second kappa shape index (κ2) is 6.60. The third-order valence-corrected chi connectivity index (χ3v) is 6.51. The summed E-state index contributed by atoms with van der Waals surface area (Å²) in [5.41, 5.74) is 0.742. The highest BCUT2D eigenvalue weighted by atomic mass is 16.5. The highest BCUT2D eigenvalue weighted by Crippen LogP contribution is 2.49. The Balaban J connectivity index is 1.67. The number of hydrogen-bond acceptors (Lipinski definition) is 6. The van der Waals surface area contributed by atoms with E-state index < -0.39 is 5.54 Å². The van der Waals surface area contributed by atoms with Gasteiger partial charge in [0, 0.05) is 31.2 Å². The summed E-state index contributed by atoms with van der Waals surface area (Å²) < 4.78 is 5.42. The van der Waals surface area contributed by atoms with Gasteiger partial charge in [0.15, 0.2) is 17.9 Å². The Morgan fingerprint density at radius 2 is 2.30 bits per heavy atom. The van der Waals surface area contributed by atoms with E-state index in [2.05, 4.69) is 16.8 Å². The van der Waals surface area contributed by atoms with E-state index in [1.165, 1.54) is 0 Å². The van der Waals surface area contributed by atoms with Crippen molar-refractivity contribution in [3.63, 3.8) is 0 Å². The summed E-state index contributed by atoms with van der Waals surface area (Å²) in [6.07, 6.45) is 3.89. The van der Waals surface area contributed by atoms with Crippen LogP contribution < -0.4 is 10.1 Å². The average Bonchev–Trinajstić information content (AvgIpc) is 3.19. The van der Waals surface area contributed by atoms with Gasteiger partial charge in [-0.2, -0.15) is 0 Å². The van der Waals surface area contributed by atoms with Gasteiger partial charge in [-0.25, -0.2) is 0 Å². The minimum atomic E-state index is -0.689. The van der Waals surface area contributed by atoms with Crippen LogP contribution in [0, 0.1) is 11.8 Å². The third-order valence-electron chi connectivity index (χ3n) is 6.51. The first kappa shape index (κ1) is 17.9. The molecular weight excluding hydrogens is 344 g/mol. The highest BCUT2D eigenvalue weighted by Gasteiger charge is 2.59. The molecule has 2 saturated heterocycles. The summed E-state index contributed by atoms with van der Waals surface area (Å²) in [6.45, 7) is 5.49. The number of nitrogens with one attached hydrogen (secondary N) is 1. The van der Waals surface area contributed by atoms with Gasteiger partial charge < -0.3 is 10.1 Å². The van der Waals surface area contributed by atoms with Gasteiger partial charge in [-0.15, -0.1) is 6.58 Å². The van der Waals surface area contributed by atoms with Crippen LogP contribution in [0.3, 0.4) is 0 Å². The Morgan fingerprint density at radius 1 is 1.48 bits per heavy atom. The van der Waals surface area contributed by atoms with Crippen LogP contribution in [0.1, 0.15) is 29.6 Å². The number of carbonyl (C=O) groups excluding carboxylic acids is 3. The third kappa shape index (κ3) is 2.62. The monoisotopic (exact) mass is 368 g/mol. The van der Waals surface area contributed by atoms with Crippen LogP contribution in [0.5, 0.6) is 5.75 Å². The lowest BCUT2D eigenvalue weighted by Gasteiger charge is -2.44. The number of nitrogens with zero attached hydrogens (tertiary/aromatic N) is 1. The Labute approximate surface area is 158 Å². The summed E-state index contributed by atoms with van der Waals surface area (Å²) in [5, 5.41) is 3.50. The highest BCUT2D eigenvalue weighted by molar-refractivity contribution is 6.25. The molecule has 142 valence electrons. The molecule has 3 aliphatic heterocycles. The lowest BCUT2D eigenvalue weighted by atomic mass is 9.73. The van der Waals surface area contributed by atoms with Crippen LogP contribution in [0.25, 0.3) is 0 Å². The molecule has 0 radical (unpaired) electrons. The predicted molar refractivity (Wildman–Crippen MR) is 101 cm³/mol. The number of Topliss-reactive ketones (excluding diaryl/α,β-unsaturated/α-hetero) is 2. The zero-order valence-corrected chi connectivity index (χ0v) is 15.4. The van der Waals surface area contributed by atoms with E-state index in [0.29, 0.717) is 30.4 Å². The summed E-state index contributed by atoms with van der Waals surface area (Å²) >= 11 is 0. The van der Waals surface area contributed by atoms with E-state index in [1.807, 2.05) is 24.3 Å². The van der Waals surface area contributed by atoms with Crippen molar-refractivity contribution in [2.24, 2.45) is 11.8 Å². The van der Waals surface area contributed by atoms with Crippen LogP contribution in [0.2, 0.25) is 0 Å². The zero-order chi connectivity index (χ0) is 19.2. The van der Waals surface area contributed by atoms with Crippen LogP contribution in [-0.4, -0.2) is 54.5 Å². The molecule has 3 aliphatic rings. The van der Waals surface area contributed by atoms with Crippen molar-refractivity contribution >= 4 is 23.5 Å². The van der Waals surface area contributed by atoms with Crippen LogP contribution >= 0.6 is 0 Å². The molecule has 6 heteroatoms. The number of carbonyl (C=O) groups is 3. The fraction of sp³-hybridized carbons (Fsp3) is 0.476. The van der Waals surface area contributed by atoms with Crippen molar-refractivity contribution in [2.75, 3.05) is 25.5 Å². The van der Waals surface area contributed by atoms with Gasteiger partial charge in [-0.05, 0) is 36.8 Å². The summed E-state index contributed by atoms with van der Waals surface area (Å²) in [5.74, 6) is 0.445. The van der Waals surface area contributed by atoms with Crippen LogP contribution in [0.4, 0.5) is 5.69 Å². The lowest BCUT2D eigenvalue weighted by molar-refractivity contribution is -0.131. The number of hydrogen-bond donors (Lipinski definition) is 1. The quantitative estimate of drug-likeness (QED) is 0.487. The topological polar surface area (TPSA) is 75.7 Å². The number of piperidine rings is 1. The number of methoxy groups -OCH3 is 1. The molecule has 1 unspecified atom stereocenters. The maximum Gasteiger partial charge on any atom is 0.195 e. The Morgan fingerprint density at radius 3 is 3.00 bits per heavy atom. The molecule has 0 aliphatic carbocycles. The fourth-order valence-electron chi connectivity index (χ4n) is 5.18. The van der Waals surface area contributed by atoms with Gasteiger partial charge in [0.1, 0.15) is 11.3 Å². The molecule has 0 bridgehead atoms. The van der Waals surface area contributed by atoms with Crippen LogP contribution in [0.15, 0.2) is 30.9 Å². The van der Waals surface area contributed by atoms with Crippen LogP contribution in [-0.2, 0) is 9.59 Å². The molecule has 0 aromatic heterocycles. The second-order valence-corrected chi connectivity index (χ2v) is 7.75. The zero-order valence-electron chi connectivity index (χ0n) is 15.4. The Hall–Kier alpha value is -2.47. The summed E-state index contributed by atoms with van der Waals surface area (Å²) in [6, 6.07) is 5.59. The molecule has 2 fully saturated rings. The molecular formula is C21H24N2O4. The van der Waals surface area contributed by atoms with Gasteiger partial charge in [-0.3, -0.25) is 19.3 Å². The van der Waals surface area contributed by atoms with Gasteiger partial charge in [-0.1, -0.05) is 12.1 Å². The Bertz CT molecular complexity index is 820. The van der Waals surface area contributed by atoms with E-state index in [4.69, 9.17) is 4.74 Å². The number of ether oxygens (including phenoxy) is 1. The molecule has 4 atom stereocenters. The molecule has 1 spiro atoms. The molecule has 27 heavy (non-hydrogen) atoms. The van der Waals surface area contributed by atoms with Crippen molar-refractivity contribution in [1.82, 2.24) is 4.90 Å². The number of ketones is 2. The van der Waals surface area contributed by atoms with E-state index >= 15 is 0 Å². The van der Waals surface area contributed by atoms with Crippen molar-refractivity contribution in [2.45, 2.75) is 30.8 Å². The first-order valence-corrected chi connectivity index (χ1v) is 9.38. The minimum Gasteiger partial charge on any atom is -0.496 e. The van der Waals surface area contributed by atoms with Gasteiger partial charge in [0.2, 0.25) is 0 Å². The van der Waals surface area contributed by atoms with Crippen molar-refractivity contribution in [1.29, 1.82) is 0 Å². The number of anilines is 1. The second-order valence-electron chi connectivity index (χ2n) is 7.75. The van der Waals surface area contributed by atoms with Gasteiger partial charge in [0.25, 0.3) is 0 Å². The summed E-state index contributed by atoms with van der Waals surface area (Å²) in [7, 11) is 1.57.